The van der Waals surface area contributed by atoms with Crippen molar-refractivity contribution >= 4 is 23.4 Å². The molecular weight excluding hydrogens is 436 g/mol. The largest absolute Gasteiger partial charge is 0.497 e. The van der Waals surface area contributed by atoms with Gasteiger partial charge in [0.25, 0.3) is 0 Å². The molecule has 1 unspecified atom stereocenters. The van der Waals surface area contributed by atoms with Gasteiger partial charge in [-0.25, -0.2) is 0 Å². The number of carbonyl (C=O) groups excluding carboxylic acids is 2. The molecule has 1 atom stereocenters. The molecule has 0 saturated heterocycles. The van der Waals surface area contributed by atoms with Gasteiger partial charge in [-0.3, -0.25) is 9.59 Å². The normalized spacial score (nSPS) is 11.5. The van der Waals surface area contributed by atoms with Gasteiger partial charge in [0.1, 0.15) is 11.8 Å². The van der Waals surface area contributed by atoms with Crippen LogP contribution < -0.4 is 10.1 Å². The fourth-order valence-electron chi connectivity index (χ4n) is 3.74. The van der Waals surface area contributed by atoms with Crippen LogP contribution in [0, 0.1) is 0 Å². The number of nitrogens with one attached hydrogen (secondary N) is 1. The Hall–Kier alpha value is -3.31. The van der Waals surface area contributed by atoms with Crippen LogP contribution in [0.4, 0.5) is 0 Å². The molecule has 0 spiro atoms. The van der Waals surface area contributed by atoms with Crippen molar-refractivity contribution in [3.63, 3.8) is 0 Å². The van der Waals surface area contributed by atoms with Crippen LogP contribution >= 0.6 is 11.6 Å². The van der Waals surface area contributed by atoms with E-state index in [4.69, 9.17) is 16.3 Å². The molecule has 3 rings (SSSR count). The second-order valence-corrected chi connectivity index (χ2v) is 8.22. The van der Waals surface area contributed by atoms with Gasteiger partial charge in [0.05, 0.1) is 13.5 Å². The van der Waals surface area contributed by atoms with Crippen LogP contribution in [0.25, 0.3) is 0 Å². The molecule has 5 nitrogen and oxygen atoms in total. The van der Waals surface area contributed by atoms with Crippen LogP contribution in [-0.2, 0) is 29.0 Å². The number of methoxy groups -OCH3 is 1. The van der Waals surface area contributed by atoms with Crippen molar-refractivity contribution in [3.8, 4) is 5.75 Å². The molecule has 0 radical (unpaired) electrons. The maximum atomic E-state index is 13.6. The molecule has 33 heavy (non-hydrogen) atoms. The zero-order chi connectivity index (χ0) is 23.6. The summed E-state index contributed by atoms with van der Waals surface area (Å²) in [5, 5.41) is 3.48. The van der Waals surface area contributed by atoms with E-state index in [0.717, 1.165) is 16.7 Å². The number of nitrogens with zero attached hydrogens (tertiary/aromatic N) is 1. The maximum absolute atomic E-state index is 13.6. The van der Waals surface area contributed by atoms with Gasteiger partial charge in [-0.1, -0.05) is 66.2 Å². The van der Waals surface area contributed by atoms with Gasteiger partial charge < -0.3 is 15.0 Å². The van der Waals surface area contributed by atoms with E-state index >= 15 is 0 Å². The predicted octanol–water partition coefficient (Wildman–Crippen LogP) is 4.67. The second kappa shape index (κ2) is 12.1. The number of benzene rings is 3. The van der Waals surface area contributed by atoms with Crippen molar-refractivity contribution in [3.05, 3.63) is 101 Å². The minimum Gasteiger partial charge on any atom is -0.497 e. The first kappa shape index (κ1) is 24.3. The highest BCUT2D eigenvalue weighted by atomic mass is 35.5. The average Bonchev–Trinajstić information content (AvgIpc) is 2.82. The number of hydrogen-bond acceptors (Lipinski definition) is 3. The van der Waals surface area contributed by atoms with Crippen LogP contribution in [-0.4, -0.2) is 36.4 Å². The minimum atomic E-state index is -0.662. The Kier molecular flexibility index (Phi) is 8.90. The van der Waals surface area contributed by atoms with Gasteiger partial charge in [0.2, 0.25) is 11.8 Å². The summed E-state index contributed by atoms with van der Waals surface area (Å²) in [5.74, 6) is 0.378. The van der Waals surface area contributed by atoms with Gasteiger partial charge in [-0.15, -0.1) is 0 Å². The van der Waals surface area contributed by atoms with E-state index < -0.39 is 6.04 Å². The zero-order valence-corrected chi connectivity index (χ0v) is 19.7. The summed E-state index contributed by atoms with van der Waals surface area (Å²) < 4.78 is 5.35. The first-order valence-corrected chi connectivity index (χ1v) is 11.4. The predicted molar refractivity (Wildman–Crippen MR) is 131 cm³/mol. The molecule has 0 bridgehead atoms. The Morgan fingerprint density at radius 1 is 0.939 bits per heavy atom. The van der Waals surface area contributed by atoms with Crippen molar-refractivity contribution in [1.82, 2.24) is 10.2 Å². The molecule has 0 saturated carbocycles. The summed E-state index contributed by atoms with van der Waals surface area (Å²) in [7, 11) is 1.61. The van der Waals surface area contributed by atoms with Crippen molar-refractivity contribution < 1.29 is 14.3 Å². The Labute approximate surface area is 200 Å². The van der Waals surface area contributed by atoms with Crippen LogP contribution in [0.3, 0.4) is 0 Å². The summed E-state index contributed by atoms with van der Waals surface area (Å²) >= 11 is 6.13. The highest BCUT2D eigenvalue weighted by Crippen LogP contribution is 2.20. The van der Waals surface area contributed by atoms with Gasteiger partial charge in [0.15, 0.2) is 0 Å². The van der Waals surface area contributed by atoms with Gasteiger partial charge >= 0.3 is 0 Å². The Morgan fingerprint density at radius 3 is 2.33 bits per heavy atom. The van der Waals surface area contributed by atoms with Gasteiger partial charge in [0, 0.05) is 24.5 Å². The molecule has 3 aromatic carbocycles. The highest BCUT2D eigenvalue weighted by molar-refractivity contribution is 6.30. The first-order valence-electron chi connectivity index (χ1n) is 11.0. The zero-order valence-electron chi connectivity index (χ0n) is 19.0. The molecule has 1 N–H and O–H groups in total. The number of ether oxygens (including phenoxy) is 1. The molecule has 0 aliphatic carbocycles. The summed E-state index contributed by atoms with van der Waals surface area (Å²) in [5.41, 5.74) is 2.67. The third-order valence-corrected chi connectivity index (χ3v) is 5.59. The lowest BCUT2D eigenvalue weighted by molar-refractivity contribution is -0.140. The molecule has 0 fully saturated rings. The summed E-state index contributed by atoms with van der Waals surface area (Å²) in [6, 6.07) is 23.9. The molecule has 2 amide bonds. The maximum Gasteiger partial charge on any atom is 0.243 e. The molecule has 6 heteroatoms. The SMILES string of the molecule is CCNC(=O)C(Cc1ccccc1)N(Cc1cccc(OC)c1)C(=O)Cc1cccc(Cl)c1. The number of rotatable bonds is 10. The highest BCUT2D eigenvalue weighted by Gasteiger charge is 2.30. The standard InChI is InChI=1S/C27H29ClN2O3/c1-3-29-27(32)25(17-20-9-5-4-6-10-20)30(19-22-12-8-14-24(16-22)33-2)26(31)18-21-11-7-13-23(28)15-21/h4-16,25H,3,17-19H2,1-2H3,(H,29,32). The Morgan fingerprint density at radius 2 is 1.64 bits per heavy atom. The first-order chi connectivity index (χ1) is 16.0. The van der Waals surface area contributed by atoms with Gasteiger partial charge in [-0.2, -0.15) is 0 Å². The van der Waals surface area contributed by atoms with Crippen LogP contribution in [0.2, 0.25) is 5.02 Å². The number of halogens is 1. The summed E-state index contributed by atoms with van der Waals surface area (Å²) in [6.45, 7) is 2.64. The average molecular weight is 465 g/mol. The molecule has 172 valence electrons. The Bertz CT molecular complexity index is 1070. The van der Waals surface area contributed by atoms with E-state index in [9.17, 15) is 9.59 Å². The molecule has 0 heterocycles. The van der Waals surface area contributed by atoms with Crippen LogP contribution in [0.15, 0.2) is 78.9 Å². The number of likely N-dealkylation sites (N-methyl/N-ethyl adjacent to an activating group) is 1. The number of hydrogen-bond donors (Lipinski definition) is 1. The number of amides is 2. The van der Waals surface area contributed by atoms with Gasteiger partial charge in [-0.05, 0) is 47.9 Å². The Balaban J connectivity index is 1.96. The third kappa shape index (κ3) is 7.09. The smallest absolute Gasteiger partial charge is 0.243 e. The molecule has 0 aromatic heterocycles. The molecule has 0 aliphatic rings. The van der Waals surface area contributed by atoms with E-state index in [1.54, 1.807) is 24.1 Å². The molecule has 0 aliphatic heterocycles. The number of carbonyl (C=O) groups is 2. The van der Waals surface area contributed by atoms with Crippen molar-refractivity contribution in [2.45, 2.75) is 32.4 Å². The van der Waals surface area contributed by atoms with Crippen molar-refractivity contribution in [2.75, 3.05) is 13.7 Å². The van der Waals surface area contributed by atoms with Crippen LogP contribution in [0.1, 0.15) is 23.6 Å². The minimum absolute atomic E-state index is 0.146. The van der Waals surface area contributed by atoms with E-state index in [1.165, 1.54) is 0 Å². The summed E-state index contributed by atoms with van der Waals surface area (Å²) in [4.78, 5) is 28.4. The second-order valence-electron chi connectivity index (χ2n) is 7.78. The fraction of sp³-hybridized carbons (Fsp3) is 0.259. The fourth-order valence-corrected chi connectivity index (χ4v) is 3.95. The van der Waals surface area contributed by atoms with E-state index in [2.05, 4.69) is 5.32 Å². The van der Waals surface area contributed by atoms with E-state index in [-0.39, 0.29) is 24.8 Å². The molecule has 3 aromatic rings. The third-order valence-electron chi connectivity index (χ3n) is 5.35. The monoisotopic (exact) mass is 464 g/mol. The van der Waals surface area contributed by atoms with Crippen LogP contribution in [0.5, 0.6) is 5.75 Å². The lowest BCUT2D eigenvalue weighted by atomic mass is 10.0. The van der Waals surface area contributed by atoms with Crippen molar-refractivity contribution in [1.29, 1.82) is 0 Å². The van der Waals surface area contributed by atoms with Crippen molar-refractivity contribution in [2.24, 2.45) is 0 Å². The lowest BCUT2D eigenvalue weighted by Gasteiger charge is -2.31. The van der Waals surface area contributed by atoms with E-state index in [0.29, 0.717) is 23.7 Å². The quantitative estimate of drug-likeness (QED) is 0.474. The summed E-state index contributed by atoms with van der Waals surface area (Å²) in [6.07, 6.45) is 0.563. The topological polar surface area (TPSA) is 58.6 Å². The van der Waals surface area contributed by atoms with E-state index in [1.807, 2.05) is 73.7 Å². The molecular formula is C27H29ClN2O3. The lowest BCUT2D eigenvalue weighted by Crippen LogP contribution is -2.50.